The maximum atomic E-state index is 9.97. The Morgan fingerprint density at radius 3 is 2.73 bits per heavy atom. The van der Waals surface area contributed by atoms with Gasteiger partial charge in [-0.25, -0.2) is 0 Å². The van der Waals surface area contributed by atoms with Crippen molar-refractivity contribution in [1.29, 1.82) is 0 Å². The fourth-order valence-corrected chi connectivity index (χ4v) is 2.16. The first kappa shape index (κ1) is 10.3. The van der Waals surface area contributed by atoms with Crippen LogP contribution in [0.3, 0.4) is 0 Å². The normalized spacial score (nSPS) is 26.7. The maximum absolute atomic E-state index is 9.97. The Bertz CT molecular complexity index is 349. The predicted octanol–water partition coefficient (Wildman–Crippen LogP) is 1.74. The lowest BCUT2D eigenvalue weighted by molar-refractivity contribution is 0.0448. The van der Waals surface area contributed by atoms with E-state index in [1.54, 1.807) is 12.1 Å². The lowest BCUT2D eigenvalue weighted by atomic mass is 9.95. The largest absolute Gasteiger partial charge is 0.506 e. The highest BCUT2D eigenvalue weighted by Gasteiger charge is 2.29. The van der Waals surface area contributed by atoms with E-state index in [1.807, 2.05) is 24.0 Å². The van der Waals surface area contributed by atoms with Crippen LogP contribution in [0.1, 0.15) is 19.8 Å². The molecule has 1 heterocycles. The van der Waals surface area contributed by atoms with Crippen LogP contribution in [0.5, 0.6) is 5.75 Å². The van der Waals surface area contributed by atoms with Crippen LogP contribution < -0.4 is 4.90 Å². The third-order valence-electron chi connectivity index (χ3n) is 2.90. The van der Waals surface area contributed by atoms with Crippen molar-refractivity contribution >= 4 is 5.69 Å². The quantitative estimate of drug-likeness (QED) is 0.737. The third kappa shape index (κ3) is 2.23. The number of hydrogen-bond donors (Lipinski definition) is 2. The van der Waals surface area contributed by atoms with E-state index in [0.29, 0.717) is 6.54 Å². The number of anilines is 1. The van der Waals surface area contributed by atoms with Gasteiger partial charge in [-0.3, -0.25) is 0 Å². The second-order valence-corrected chi connectivity index (χ2v) is 4.51. The minimum atomic E-state index is -0.638. The summed E-state index contributed by atoms with van der Waals surface area (Å²) >= 11 is 0. The molecule has 1 saturated heterocycles. The zero-order chi connectivity index (χ0) is 10.9. The van der Waals surface area contributed by atoms with E-state index in [-0.39, 0.29) is 5.75 Å². The summed E-state index contributed by atoms with van der Waals surface area (Å²) < 4.78 is 0. The van der Waals surface area contributed by atoms with E-state index in [9.17, 15) is 10.2 Å². The molecule has 1 aromatic rings. The average Bonchev–Trinajstić information content (AvgIpc) is 2.17. The molecule has 0 radical (unpaired) electrons. The Kier molecular flexibility index (Phi) is 2.57. The molecule has 0 amide bonds. The molecule has 1 unspecified atom stereocenters. The van der Waals surface area contributed by atoms with E-state index in [2.05, 4.69) is 0 Å². The molecule has 0 spiro atoms. The van der Waals surface area contributed by atoms with Gasteiger partial charge >= 0.3 is 0 Å². The predicted molar refractivity (Wildman–Crippen MR) is 60.2 cm³/mol. The van der Waals surface area contributed by atoms with Crippen LogP contribution in [0.25, 0.3) is 0 Å². The van der Waals surface area contributed by atoms with Crippen molar-refractivity contribution in [2.45, 2.75) is 25.4 Å². The highest BCUT2D eigenvalue weighted by Crippen LogP contribution is 2.31. The molecular weight excluding hydrogens is 190 g/mol. The van der Waals surface area contributed by atoms with Gasteiger partial charge in [0.25, 0.3) is 0 Å². The summed E-state index contributed by atoms with van der Waals surface area (Å²) in [6.07, 6.45) is 1.79. The number of β-amino-alcohol motifs (C(OH)–C–C–N with tert-alkyl or cyclic N) is 1. The maximum Gasteiger partial charge on any atom is 0.138 e. The Labute approximate surface area is 90.0 Å². The number of para-hydroxylation sites is 2. The van der Waals surface area contributed by atoms with Gasteiger partial charge in [-0.05, 0) is 31.9 Å². The number of piperidine rings is 1. The molecule has 2 rings (SSSR count). The van der Waals surface area contributed by atoms with Gasteiger partial charge in [0.05, 0.1) is 11.3 Å². The number of phenolic OH excluding ortho intramolecular Hbond substituents is 1. The first-order valence-electron chi connectivity index (χ1n) is 5.34. The molecule has 1 aliphatic heterocycles. The molecular formula is C12H17NO2. The van der Waals surface area contributed by atoms with Gasteiger partial charge in [-0.15, -0.1) is 0 Å². The van der Waals surface area contributed by atoms with Crippen LogP contribution in [-0.2, 0) is 0 Å². The summed E-state index contributed by atoms with van der Waals surface area (Å²) in [5.74, 6) is 0.287. The number of phenols is 1. The number of nitrogens with zero attached hydrogens (tertiary/aromatic N) is 1. The Morgan fingerprint density at radius 2 is 2.07 bits per heavy atom. The second kappa shape index (κ2) is 3.74. The zero-order valence-electron chi connectivity index (χ0n) is 8.98. The van der Waals surface area contributed by atoms with Gasteiger partial charge in [-0.2, -0.15) is 0 Å². The Morgan fingerprint density at radius 1 is 1.33 bits per heavy atom. The van der Waals surface area contributed by atoms with Gasteiger partial charge in [-0.1, -0.05) is 12.1 Å². The molecule has 15 heavy (non-hydrogen) atoms. The van der Waals surface area contributed by atoms with E-state index in [4.69, 9.17) is 0 Å². The molecule has 0 aliphatic carbocycles. The summed E-state index contributed by atoms with van der Waals surface area (Å²) in [6, 6.07) is 7.27. The molecule has 1 fully saturated rings. The number of benzene rings is 1. The molecule has 2 N–H and O–H groups in total. The van der Waals surface area contributed by atoms with E-state index >= 15 is 0 Å². The second-order valence-electron chi connectivity index (χ2n) is 4.51. The summed E-state index contributed by atoms with van der Waals surface area (Å²) in [7, 11) is 0. The van der Waals surface area contributed by atoms with E-state index in [1.165, 1.54) is 0 Å². The van der Waals surface area contributed by atoms with Crippen LogP contribution in [0.4, 0.5) is 5.69 Å². The topological polar surface area (TPSA) is 43.7 Å². The summed E-state index contributed by atoms with van der Waals surface area (Å²) in [6.45, 7) is 3.33. The minimum Gasteiger partial charge on any atom is -0.506 e. The van der Waals surface area contributed by atoms with Crippen LogP contribution in [0.15, 0.2) is 24.3 Å². The minimum absolute atomic E-state index is 0.287. The van der Waals surface area contributed by atoms with Crippen molar-refractivity contribution in [2.75, 3.05) is 18.0 Å². The van der Waals surface area contributed by atoms with Gasteiger partial charge in [0.1, 0.15) is 5.75 Å². The average molecular weight is 207 g/mol. The molecule has 0 saturated carbocycles. The zero-order valence-corrected chi connectivity index (χ0v) is 8.98. The van der Waals surface area contributed by atoms with Crippen molar-refractivity contribution in [2.24, 2.45) is 0 Å². The number of aromatic hydroxyl groups is 1. The van der Waals surface area contributed by atoms with Gasteiger partial charge in [0, 0.05) is 13.1 Å². The van der Waals surface area contributed by atoms with Gasteiger partial charge in [0.15, 0.2) is 0 Å². The van der Waals surface area contributed by atoms with Crippen LogP contribution in [0.2, 0.25) is 0 Å². The molecule has 82 valence electrons. The highest BCUT2D eigenvalue weighted by atomic mass is 16.3. The van der Waals surface area contributed by atoms with Crippen molar-refractivity contribution in [3.05, 3.63) is 24.3 Å². The smallest absolute Gasteiger partial charge is 0.138 e. The Hall–Kier alpha value is -1.22. The van der Waals surface area contributed by atoms with E-state index < -0.39 is 5.60 Å². The molecule has 3 heteroatoms. The third-order valence-corrected chi connectivity index (χ3v) is 2.90. The fourth-order valence-electron chi connectivity index (χ4n) is 2.16. The lowest BCUT2D eigenvalue weighted by Gasteiger charge is -2.38. The lowest BCUT2D eigenvalue weighted by Crippen LogP contribution is -2.46. The first-order chi connectivity index (χ1) is 7.08. The van der Waals surface area contributed by atoms with Crippen LogP contribution in [0, 0.1) is 0 Å². The molecule has 0 aromatic heterocycles. The highest BCUT2D eigenvalue weighted by molar-refractivity contribution is 5.58. The van der Waals surface area contributed by atoms with Gasteiger partial charge < -0.3 is 15.1 Å². The monoisotopic (exact) mass is 207 g/mol. The summed E-state index contributed by atoms with van der Waals surface area (Å²) in [5.41, 5.74) is 0.179. The molecule has 1 atom stereocenters. The Balaban J connectivity index is 2.21. The SMILES string of the molecule is CC1(O)CCCN(c2ccccc2O)C1. The molecule has 1 aliphatic rings. The number of rotatable bonds is 1. The first-order valence-corrected chi connectivity index (χ1v) is 5.34. The number of hydrogen-bond acceptors (Lipinski definition) is 3. The van der Waals surface area contributed by atoms with Gasteiger partial charge in [0.2, 0.25) is 0 Å². The van der Waals surface area contributed by atoms with Crippen LogP contribution >= 0.6 is 0 Å². The summed E-state index contributed by atoms with van der Waals surface area (Å²) in [5, 5.41) is 19.7. The molecule has 0 bridgehead atoms. The van der Waals surface area contributed by atoms with E-state index in [0.717, 1.165) is 25.1 Å². The summed E-state index contributed by atoms with van der Waals surface area (Å²) in [4.78, 5) is 2.04. The number of aliphatic hydroxyl groups is 1. The van der Waals surface area contributed by atoms with Crippen molar-refractivity contribution in [1.82, 2.24) is 0 Å². The van der Waals surface area contributed by atoms with Crippen LogP contribution in [-0.4, -0.2) is 28.9 Å². The standard InChI is InChI=1S/C12H17NO2/c1-12(15)7-4-8-13(9-12)10-5-2-3-6-11(10)14/h2-3,5-6,14-15H,4,7-9H2,1H3. The van der Waals surface area contributed by atoms with Crippen molar-refractivity contribution < 1.29 is 10.2 Å². The van der Waals surface area contributed by atoms with Crippen molar-refractivity contribution in [3.8, 4) is 5.75 Å². The molecule has 3 nitrogen and oxygen atoms in total. The van der Waals surface area contributed by atoms with Crippen molar-refractivity contribution in [3.63, 3.8) is 0 Å². The fraction of sp³-hybridized carbons (Fsp3) is 0.500. The molecule has 1 aromatic carbocycles.